The number of amidine groups is 1. The van der Waals surface area contributed by atoms with Crippen LogP contribution in [0.15, 0.2) is 35.6 Å². The Balaban J connectivity index is 1.84. The molecule has 5 N–H and O–H groups in total. The van der Waals surface area contributed by atoms with Crippen molar-refractivity contribution in [1.82, 2.24) is 10.1 Å². The van der Waals surface area contributed by atoms with Gasteiger partial charge in [0.2, 0.25) is 11.8 Å². The quantitative estimate of drug-likeness (QED) is 0.178. The molecule has 3 rings (SSSR count). The number of amides is 1. The van der Waals surface area contributed by atoms with Gasteiger partial charge in [0.25, 0.3) is 0 Å². The lowest BCUT2D eigenvalue weighted by molar-refractivity contribution is -0.118. The molecule has 2 unspecified atom stereocenters. The number of carbonyl (C=O) groups excluding carboxylic acids is 1. The number of nitrogens with two attached hydrogens (primary N) is 2. The number of hydrogen-bond acceptors (Lipinski definition) is 7. The zero-order chi connectivity index (χ0) is 22.6. The lowest BCUT2D eigenvalue weighted by atomic mass is 9.83. The topological polar surface area (TPSA) is 119 Å². The van der Waals surface area contributed by atoms with E-state index in [1.165, 1.54) is 13.3 Å². The first kappa shape index (κ1) is 23.3. The number of hydrogen-bond donors (Lipinski definition) is 3. The highest BCUT2D eigenvalue weighted by Crippen LogP contribution is 2.46. The number of rotatable bonds is 8. The molecule has 0 bridgehead atoms. The first-order chi connectivity index (χ1) is 14.7. The van der Waals surface area contributed by atoms with Crippen LogP contribution in [0.4, 0.5) is 13.9 Å². The highest BCUT2D eigenvalue weighted by Gasteiger charge is 2.45. The molecule has 1 aromatic heterocycles. The molecule has 2 aromatic rings. The standard InChI is InChI=1S/C19H23ClF2N6O2S/c1-30-10-28(24)27-16(23)12-4-2-11(3-5-12)15(13-6-7-19(21,22)8-13)17(29)26-18-25-9-14(20)31-18/h2-5,9,13,15H,6-8,10,24H2,1H3,(H2,23,27)(H,25,26,29). The van der Waals surface area contributed by atoms with Crippen molar-refractivity contribution < 1.29 is 18.3 Å². The number of aromatic nitrogens is 1. The summed E-state index contributed by atoms with van der Waals surface area (Å²) in [6.07, 6.45) is 1.07. The van der Waals surface area contributed by atoms with Gasteiger partial charge in [0.15, 0.2) is 17.7 Å². The average molecular weight is 473 g/mol. The van der Waals surface area contributed by atoms with Gasteiger partial charge in [-0.05, 0) is 17.9 Å². The summed E-state index contributed by atoms with van der Waals surface area (Å²) in [5, 5.41) is 8.04. The van der Waals surface area contributed by atoms with Crippen molar-refractivity contribution in [3.8, 4) is 0 Å². The van der Waals surface area contributed by atoms with Crippen molar-refractivity contribution in [2.75, 3.05) is 19.2 Å². The molecule has 1 saturated carbocycles. The summed E-state index contributed by atoms with van der Waals surface area (Å²) in [5.41, 5.74) is 7.11. The number of hydrazine groups is 1. The van der Waals surface area contributed by atoms with Gasteiger partial charge in [-0.15, -0.1) is 5.10 Å². The molecule has 1 amide bonds. The van der Waals surface area contributed by atoms with Gasteiger partial charge in [0.05, 0.1) is 12.1 Å². The molecule has 1 heterocycles. The van der Waals surface area contributed by atoms with Crippen LogP contribution in [0.5, 0.6) is 0 Å². The monoisotopic (exact) mass is 472 g/mol. The lowest BCUT2D eigenvalue weighted by Gasteiger charge is -2.23. The first-order valence-corrected chi connectivity index (χ1v) is 10.6. The van der Waals surface area contributed by atoms with Crippen LogP contribution < -0.4 is 16.9 Å². The van der Waals surface area contributed by atoms with E-state index < -0.39 is 23.7 Å². The second kappa shape index (κ2) is 9.86. The van der Waals surface area contributed by atoms with E-state index in [4.69, 9.17) is 27.9 Å². The van der Waals surface area contributed by atoms with Crippen LogP contribution in [-0.4, -0.2) is 41.6 Å². The average Bonchev–Trinajstić information content (AvgIpc) is 3.27. The molecular formula is C19H23ClF2N6O2S. The lowest BCUT2D eigenvalue weighted by Crippen LogP contribution is -2.31. The second-order valence-electron chi connectivity index (χ2n) is 7.26. The Morgan fingerprint density at radius 1 is 1.48 bits per heavy atom. The SMILES string of the molecule is COCN(N)/N=C(\N)c1ccc(C(C(=O)Nc2ncc(Cl)s2)C2CCC(F)(F)C2)cc1. The maximum atomic E-state index is 13.9. The van der Waals surface area contributed by atoms with E-state index in [1.54, 1.807) is 24.3 Å². The van der Waals surface area contributed by atoms with Gasteiger partial charge >= 0.3 is 0 Å². The molecule has 1 aromatic carbocycles. The number of carbonyl (C=O) groups is 1. The molecule has 168 valence electrons. The number of nitrogens with zero attached hydrogens (tertiary/aromatic N) is 3. The number of alkyl halides is 2. The van der Waals surface area contributed by atoms with Crippen LogP contribution in [0, 0.1) is 5.92 Å². The van der Waals surface area contributed by atoms with Gasteiger partial charge in [-0.25, -0.2) is 24.7 Å². The zero-order valence-electron chi connectivity index (χ0n) is 16.7. The summed E-state index contributed by atoms with van der Waals surface area (Å²) in [5.74, 6) is 1.30. The summed E-state index contributed by atoms with van der Waals surface area (Å²) in [6.45, 7) is 0.0533. The maximum Gasteiger partial charge on any atom is 0.248 e. The fraction of sp³-hybridized carbons (Fsp3) is 0.421. The summed E-state index contributed by atoms with van der Waals surface area (Å²) >= 11 is 6.97. The summed E-state index contributed by atoms with van der Waals surface area (Å²) in [4.78, 5) is 17.1. The Bertz CT molecular complexity index is 940. The van der Waals surface area contributed by atoms with Gasteiger partial charge in [-0.3, -0.25) is 4.79 Å². The number of anilines is 1. The molecule has 2 atom stereocenters. The predicted octanol–water partition coefficient (Wildman–Crippen LogP) is 3.35. The van der Waals surface area contributed by atoms with Gasteiger partial charge in [-0.1, -0.05) is 47.2 Å². The van der Waals surface area contributed by atoms with Gasteiger partial charge in [0, 0.05) is 25.5 Å². The minimum Gasteiger partial charge on any atom is -0.382 e. The fourth-order valence-electron chi connectivity index (χ4n) is 3.62. The summed E-state index contributed by atoms with van der Waals surface area (Å²) in [6, 6.07) is 6.71. The van der Waals surface area contributed by atoms with Crippen molar-refractivity contribution in [3.05, 3.63) is 45.9 Å². The first-order valence-electron chi connectivity index (χ1n) is 9.44. The molecular weight excluding hydrogens is 450 g/mol. The van der Waals surface area contributed by atoms with E-state index in [2.05, 4.69) is 15.4 Å². The molecule has 1 aliphatic carbocycles. The molecule has 31 heavy (non-hydrogen) atoms. The van der Waals surface area contributed by atoms with E-state index in [-0.39, 0.29) is 31.8 Å². The minimum atomic E-state index is -2.78. The Labute approximate surface area is 187 Å². The van der Waals surface area contributed by atoms with Crippen molar-refractivity contribution in [1.29, 1.82) is 0 Å². The molecule has 0 spiro atoms. The molecule has 1 aliphatic rings. The fourth-order valence-corrected chi connectivity index (χ4v) is 4.44. The molecule has 12 heteroatoms. The van der Waals surface area contributed by atoms with Crippen LogP contribution in [0.1, 0.15) is 36.3 Å². The van der Waals surface area contributed by atoms with E-state index in [0.29, 0.717) is 20.6 Å². The van der Waals surface area contributed by atoms with E-state index in [9.17, 15) is 13.6 Å². The number of hydrazone groups is 1. The van der Waals surface area contributed by atoms with Crippen molar-refractivity contribution >= 4 is 39.8 Å². The van der Waals surface area contributed by atoms with Gasteiger partial charge < -0.3 is 15.8 Å². The van der Waals surface area contributed by atoms with Crippen molar-refractivity contribution in [2.24, 2.45) is 22.6 Å². The number of nitrogens with one attached hydrogen (secondary N) is 1. The Kier molecular flexibility index (Phi) is 7.42. The Hall–Kier alpha value is -2.34. The largest absolute Gasteiger partial charge is 0.382 e. The van der Waals surface area contributed by atoms with Crippen LogP contribution in [0.3, 0.4) is 0 Å². The third-order valence-corrected chi connectivity index (χ3v) is 6.00. The molecule has 8 nitrogen and oxygen atoms in total. The third kappa shape index (κ3) is 6.10. The zero-order valence-corrected chi connectivity index (χ0v) is 18.3. The smallest absolute Gasteiger partial charge is 0.248 e. The summed E-state index contributed by atoms with van der Waals surface area (Å²) in [7, 11) is 1.47. The summed E-state index contributed by atoms with van der Waals surface area (Å²) < 4.78 is 33.1. The second-order valence-corrected chi connectivity index (χ2v) is 8.92. The highest BCUT2D eigenvalue weighted by molar-refractivity contribution is 7.19. The molecule has 1 fully saturated rings. The van der Waals surface area contributed by atoms with Gasteiger partial charge in [0.1, 0.15) is 4.34 Å². The number of methoxy groups -OCH3 is 1. The van der Waals surface area contributed by atoms with Crippen LogP contribution >= 0.6 is 22.9 Å². The Morgan fingerprint density at radius 2 is 2.19 bits per heavy atom. The van der Waals surface area contributed by atoms with Crippen LogP contribution in [-0.2, 0) is 9.53 Å². The van der Waals surface area contributed by atoms with E-state index >= 15 is 0 Å². The van der Waals surface area contributed by atoms with E-state index in [0.717, 1.165) is 16.5 Å². The number of ether oxygens (including phenoxy) is 1. The van der Waals surface area contributed by atoms with Crippen molar-refractivity contribution in [3.63, 3.8) is 0 Å². The minimum absolute atomic E-state index is 0.0533. The molecule has 0 radical (unpaired) electrons. The van der Waals surface area contributed by atoms with Gasteiger partial charge in [-0.2, -0.15) is 0 Å². The molecule has 0 aliphatic heterocycles. The number of benzene rings is 1. The maximum absolute atomic E-state index is 13.9. The highest BCUT2D eigenvalue weighted by atomic mass is 35.5. The van der Waals surface area contributed by atoms with Crippen molar-refractivity contribution in [2.45, 2.75) is 31.1 Å². The number of halogens is 3. The normalized spacial score (nSPS) is 19.3. The van der Waals surface area contributed by atoms with Crippen LogP contribution in [0.2, 0.25) is 4.34 Å². The third-order valence-electron chi connectivity index (χ3n) is 4.97. The number of thiazole rings is 1. The van der Waals surface area contributed by atoms with E-state index in [1.807, 2.05) is 0 Å². The van der Waals surface area contributed by atoms with Crippen LogP contribution in [0.25, 0.3) is 0 Å². The predicted molar refractivity (Wildman–Crippen MR) is 116 cm³/mol. The Morgan fingerprint density at radius 3 is 2.74 bits per heavy atom. The molecule has 0 saturated heterocycles.